The van der Waals surface area contributed by atoms with Crippen LogP contribution in [0.3, 0.4) is 0 Å². The molecule has 0 spiro atoms. The quantitative estimate of drug-likeness (QED) is 0.914. The first-order valence-corrected chi connectivity index (χ1v) is 7.77. The number of thiazole rings is 1. The monoisotopic (exact) mass is 306 g/mol. The Bertz CT molecular complexity index is 630. The minimum Gasteiger partial charge on any atom is -0.493 e. The zero-order chi connectivity index (χ0) is 15.6. The number of nitrogens with two attached hydrogens (primary N) is 1. The Balaban J connectivity index is 2.57. The molecule has 0 aliphatic carbocycles. The molecule has 0 amide bonds. The third-order valence-electron chi connectivity index (χ3n) is 3.10. The maximum Gasteiger partial charge on any atom is 0.171 e. The number of para-hydroxylation sites is 1. The minimum atomic E-state index is -0.398. The third kappa shape index (κ3) is 3.19. The second kappa shape index (κ2) is 6.03. The Labute approximate surface area is 129 Å². The summed E-state index contributed by atoms with van der Waals surface area (Å²) in [4.78, 5) is 5.75. The van der Waals surface area contributed by atoms with Crippen LogP contribution in [0.25, 0.3) is 10.6 Å². The van der Waals surface area contributed by atoms with Gasteiger partial charge in [0.2, 0.25) is 0 Å². The number of aromatic nitrogens is 1. The molecule has 0 aliphatic heterocycles. The summed E-state index contributed by atoms with van der Waals surface area (Å²) in [7, 11) is 1.64. The van der Waals surface area contributed by atoms with Gasteiger partial charge in [-0.3, -0.25) is 0 Å². The van der Waals surface area contributed by atoms with Gasteiger partial charge >= 0.3 is 0 Å². The van der Waals surface area contributed by atoms with Crippen molar-refractivity contribution in [3.05, 3.63) is 28.8 Å². The summed E-state index contributed by atoms with van der Waals surface area (Å²) in [5.74, 6) is 1.45. The first-order chi connectivity index (χ1) is 9.88. The second-order valence-corrected chi connectivity index (χ2v) is 6.42. The lowest BCUT2D eigenvalue weighted by Crippen LogP contribution is -2.28. The first kappa shape index (κ1) is 15.8. The number of methoxy groups -OCH3 is 1. The predicted octanol–water partition coefficient (Wildman–Crippen LogP) is 3.72. The van der Waals surface area contributed by atoms with Crippen LogP contribution in [-0.2, 0) is 5.54 Å². The molecule has 0 fully saturated rings. The van der Waals surface area contributed by atoms with Gasteiger partial charge in [0, 0.05) is 10.4 Å². The number of aryl methyl sites for hydroxylation is 1. The van der Waals surface area contributed by atoms with Crippen molar-refractivity contribution in [3.8, 4) is 22.1 Å². The molecule has 0 aliphatic rings. The molecular formula is C16H22N2O2S. The van der Waals surface area contributed by atoms with Gasteiger partial charge in [-0.25, -0.2) is 4.98 Å². The predicted molar refractivity (Wildman–Crippen MR) is 87.2 cm³/mol. The molecule has 1 aromatic heterocycles. The molecular weight excluding hydrogens is 284 g/mol. The number of rotatable bonds is 5. The number of nitrogens with zero attached hydrogens (tertiary/aromatic N) is 1. The Kier molecular flexibility index (Phi) is 4.54. The minimum absolute atomic E-state index is 0.398. The average molecular weight is 306 g/mol. The summed E-state index contributed by atoms with van der Waals surface area (Å²) >= 11 is 1.61. The van der Waals surface area contributed by atoms with Crippen LogP contribution in [0, 0.1) is 6.92 Å². The van der Waals surface area contributed by atoms with Crippen molar-refractivity contribution in [2.75, 3.05) is 13.7 Å². The van der Waals surface area contributed by atoms with Crippen LogP contribution in [-0.4, -0.2) is 18.7 Å². The number of hydrogen-bond acceptors (Lipinski definition) is 5. The van der Waals surface area contributed by atoms with E-state index in [0.717, 1.165) is 32.6 Å². The largest absolute Gasteiger partial charge is 0.493 e. The lowest BCUT2D eigenvalue weighted by Gasteiger charge is -2.16. The van der Waals surface area contributed by atoms with Gasteiger partial charge in [-0.05, 0) is 39.8 Å². The smallest absolute Gasteiger partial charge is 0.171 e. The SMILES string of the molecule is CCOc1c(OC)cccc1-c1nc(C)c(C(C)(C)N)s1. The molecule has 0 saturated heterocycles. The fraction of sp³-hybridized carbons (Fsp3) is 0.438. The number of hydrogen-bond donors (Lipinski definition) is 1. The van der Waals surface area contributed by atoms with Crippen molar-refractivity contribution in [2.45, 2.75) is 33.2 Å². The van der Waals surface area contributed by atoms with Gasteiger partial charge in [0.05, 0.1) is 25.0 Å². The van der Waals surface area contributed by atoms with Crippen LogP contribution in [0.5, 0.6) is 11.5 Å². The zero-order valence-electron chi connectivity index (χ0n) is 13.2. The fourth-order valence-electron chi connectivity index (χ4n) is 2.25. The Morgan fingerprint density at radius 2 is 2.05 bits per heavy atom. The molecule has 0 bridgehead atoms. The lowest BCUT2D eigenvalue weighted by atomic mass is 10.0. The van der Waals surface area contributed by atoms with Gasteiger partial charge in [-0.2, -0.15) is 0 Å². The van der Waals surface area contributed by atoms with Crippen LogP contribution in [0.4, 0.5) is 0 Å². The van der Waals surface area contributed by atoms with Crippen molar-refractivity contribution in [1.82, 2.24) is 4.98 Å². The maximum atomic E-state index is 6.22. The topological polar surface area (TPSA) is 57.4 Å². The highest BCUT2D eigenvalue weighted by Crippen LogP contribution is 2.41. The molecule has 1 aromatic carbocycles. The molecule has 0 saturated carbocycles. The molecule has 2 aromatic rings. The second-order valence-electron chi connectivity index (χ2n) is 5.43. The molecule has 4 nitrogen and oxygen atoms in total. The van der Waals surface area contributed by atoms with Gasteiger partial charge in [0.1, 0.15) is 5.01 Å². The maximum absolute atomic E-state index is 6.22. The standard InChI is InChI=1S/C16H22N2O2S/c1-6-20-13-11(8-7-9-12(13)19-5)15-18-10(2)14(21-15)16(3,4)17/h7-9H,6,17H2,1-5H3. The van der Waals surface area contributed by atoms with E-state index >= 15 is 0 Å². The first-order valence-electron chi connectivity index (χ1n) is 6.95. The number of ether oxygens (including phenoxy) is 2. The van der Waals surface area contributed by atoms with Crippen molar-refractivity contribution < 1.29 is 9.47 Å². The number of benzene rings is 1. The van der Waals surface area contributed by atoms with E-state index in [0.29, 0.717) is 6.61 Å². The van der Waals surface area contributed by atoms with E-state index in [9.17, 15) is 0 Å². The Morgan fingerprint density at radius 1 is 1.33 bits per heavy atom. The molecule has 0 unspecified atom stereocenters. The van der Waals surface area contributed by atoms with Gasteiger partial charge in [-0.1, -0.05) is 6.07 Å². The van der Waals surface area contributed by atoms with Crippen molar-refractivity contribution in [3.63, 3.8) is 0 Å². The van der Waals surface area contributed by atoms with Crippen LogP contribution in [0.1, 0.15) is 31.3 Å². The summed E-state index contributed by atoms with van der Waals surface area (Å²) in [5, 5.41) is 0.906. The van der Waals surface area contributed by atoms with Gasteiger partial charge < -0.3 is 15.2 Å². The van der Waals surface area contributed by atoms with Crippen LogP contribution < -0.4 is 15.2 Å². The van der Waals surface area contributed by atoms with E-state index in [4.69, 9.17) is 15.2 Å². The summed E-state index contributed by atoms with van der Waals surface area (Å²) in [6.45, 7) is 8.51. The molecule has 0 atom stereocenters. The normalized spacial score (nSPS) is 11.5. The summed E-state index contributed by atoms with van der Waals surface area (Å²) in [5.41, 5.74) is 7.73. The molecule has 1 heterocycles. The highest BCUT2D eigenvalue weighted by atomic mass is 32.1. The van der Waals surface area contributed by atoms with E-state index in [1.54, 1.807) is 18.4 Å². The molecule has 21 heavy (non-hydrogen) atoms. The molecule has 114 valence electrons. The van der Waals surface area contributed by atoms with Crippen molar-refractivity contribution in [1.29, 1.82) is 0 Å². The van der Waals surface area contributed by atoms with Gasteiger partial charge in [0.15, 0.2) is 11.5 Å². The molecule has 5 heteroatoms. The Hall–Kier alpha value is -1.59. The molecule has 0 radical (unpaired) electrons. The van der Waals surface area contributed by atoms with Crippen molar-refractivity contribution in [2.24, 2.45) is 5.73 Å². The average Bonchev–Trinajstić information content (AvgIpc) is 2.81. The van der Waals surface area contributed by atoms with Gasteiger partial charge in [0.25, 0.3) is 0 Å². The van der Waals surface area contributed by atoms with Crippen molar-refractivity contribution >= 4 is 11.3 Å². The highest BCUT2D eigenvalue weighted by molar-refractivity contribution is 7.15. The van der Waals surface area contributed by atoms with Crippen LogP contribution in [0.15, 0.2) is 18.2 Å². The van der Waals surface area contributed by atoms with E-state index in [1.807, 2.05) is 45.9 Å². The fourth-order valence-corrected chi connectivity index (χ4v) is 3.35. The molecule has 2 N–H and O–H groups in total. The van der Waals surface area contributed by atoms with E-state index in [-0.39, 0.29) is 0 Å². The summed E-state index contributed by atoms with van der Waals surface area (Å²) < 4.78 is 11.2. The van der Waals surface area contributed by atoms with E-state index < -0.39 is 5.54 Å². The Morgan fingerprint density at radius 3 is 2.57 bits per heavy atom. The third-order valence-corrected chi connectivity index (χ3v) is 4.63. The van der Waals surface area contributed by atoms with Gasteiger partial charge in [-0.15, -0.1) is 11.3 Å². The highest BCUT2D eigenvalue weighted by Gasteiger charge is 2.23. The molecule has 2 rings (SSSR count). The van der Waals surface area contributed by atoms with Crippen LogP contribution in [0.2, 0.25) is 0 Å². The van der Waals surface area contributed by atoms with Crippen LogP contribution >= 0.6 is 11.3 Å². The lowest BCUT2D eigenvalue weighted by molar-refractivity contribution is 0.312. The summed E-state index contributed by atoms with van der Waals surface area (Å²) in [6, 6.07) is 5.84. The summed E-state index contributed by atoms with van der Waals surface area (Å²) in [6.07, 6.45) is 0. The zero-order valence-corrected chi connectivity index (χ0v) is 14.0. The van der Waals surface area contributed by atoms with E-state index in [2.05, 4.69) is 4.98 Å². The van der Waals surface area contributed by atoms with E-state index in [1.165, 1.54) is 0 Å².